The first kappa shape index (κ1) is 13.0. The van der Waals surface area contributed by atoms with Gasteiger partial charge in [-0.1, -0.05) is 24.3 Å². The van der Waals surface area contributed by atoms with E-state index in [-0.39, 0.29) is 5.69 Å². The highest BCUT2D eigenvalue weighted by Crippen LogP contribution is 2.17. The molecule has 0 atom stereocenters. The van der Waals surface area contributed by atoms with Crippen LogP contribution in [0.25, 0.3) is 0 Å². The summed E-state index contributed by atoms with van der Waals surface area (Å²) in [6.07, 6.45) is 1.28. The summed E-state index contributed by atoms with van der Waals surface area (Å²) >= 11 is 0. The molecule has 0 aliphatic rings. The lowest BCUT2D eigenvalue weighted by atomic mass is 10.1. The molecular weight excluding hydrogens is 242 g/mol. The number of aromatic nitrogens is 1. The van der Waals surface area contributed by atoms with Gasteiger partial charge in [-0.3, -0.25) is 10.1 Å². The molecule has 0 saturated carbocycles. The summed E-state index contributed by atoms with van der Waals surface area (Å²) in [7, 11) is 1.92. The van der Waals surface area contributed by atoms with E-state index in [9.17, 15) is 10.1 Å². The number of hydrogen-bond acceptors (Lipinski definition) is 4. The van der Waals surface area contributed by atoms with Crippen molar-refractivity contribution < 1.29 is 4.92 Å². The molecule has 1 aromatic heterocycles. The number of rotatable bonds is 4. The zero-order valence-corrected chi connectivity index (χ0v) is 10.9. The molecule has 0 amide bonds. The van der Waals surface area contributed by atoms with Gasteiger partial charge in [-0.15, -0.1) is 0 Å². The Morgan fingerprint density at radius 2 is 2.00 bits per heavy atom. The van der Waals surface area contributed by atoms with E-state index in [1.165, 1.54) is 23.4 Å². The third kappa shape index (κ3) is 3.07. The van der Waals surface area contributed by atoms with Crippen molar-refractivity contribution in [2.45, 2.75) is 13.5 Å². The van der Waals surface area contributed by atoms with Gasteiger partial charge in [0.2, 0.25) is 0 Å². The summed E-state index contributed by atoms with van der Waals surface area (Å²) in [5.74, 6) is 0.717. The Morgan fingerprint density at radius 3 is 2.58 bits per heavy atom. The summed E-state index contributed by atoms with van der Waals surface area (Å²) in [6, 6.07) is 11.3. The Hall–Kier alpha value is -2.43. The van der Waals surface area contributed by atoms with Crippen molar-refractivity contribution in [2.75, 3.05) is 11.9 Å². The number of benzene rings is 1. The minimum Gasteiger partial charge on any atom is -0.355 e. The molecule has 0 aliphatic carbocycles. The highest BCUT2D eigenvalue weighted by atomic mass is 16.6. The van der Waals surface area contributed by atoms with Crippen LogP contribution in [0.4, 0.5) is 11.5 Å². The lowest BCUT2D eigenvalue weighted by Crippen LogP contribution is -2.18. The minimum atomic E-state index is -0.446. The molecule has 0 unspecified atom stereocenters. The Balaban J connectivity index is 2.14. The summed E-state index contributed by atoms with van der Waals surface area (Å²) < 4.78 is 0. The van der Waals surface area contributed by atoms with Crippen molar-refractivity contribution in [2.24, 2.45) is 0 Å². The standard InChI is InChI=1S/C14H15N3O2/c1-11-5-3-4-6-12(11)10-16(2)14-8-7-13(9-15-14)17(18)19/h3-9H,10H2,1-2H3. The van der Waals surface area contributed by atoms with Gasteiger partial charge in [0.1, 0.15) is 12.0 Å². The van der Waals surface area contributed by atoms with Crippen LogP contribution in [-0.4, -0.2) is 17.0 Å². The molecular formula is C14H15N3O2. The molecule has 1 heterocycles. The van der Waals surface area contributed by atoms with Crippen molar-refractivity contribution in [1.29, 1.82) is 0 Å². The van der Waals surface area contributed by atoms with E-state index in [1.807, 2.05) is 24.1 Å². The largest absolute Gasteiger partial charge is 0.355 e. The van der Waals surface area contributed by atoms with Crippen LogP contribution in [0.2, 0.25) is 0 Å². The van der Waals surface area contributed by atoms with E-state index in [0.29, 0.717) is 5.82 Å². The van der Waals surface area contributed by atoms with E-state index in [1.54, 1.807) is 6.07 Å². The summed E-state index contributed by atoms with van der Waals surface area (Å²) in [5.41, 5.74) is 2.44. The maximum absolute atomic E-state index is 10.6. The van der Waals surface area contributed by atoms with Gasteiger partial charge in [-0.2, -0.15) is 0 Å². The summed E-state index contributed by atoms with van der Waals surface area (Å²) in [4.78, 5) is 16.2. The van der Waals surface area contributed by atoms with Gasteiger partial charge in [-0.25, -0.2) is 4.98 Å². The van der Waals surface area contributed by atoms with Crippen molar-refractivity contribution >= 4 is 11.5 Å². The molecule has 5 heteroatoms. The van der Waals surface area contributed by atoms with Gasteiger partial charge < -0.3 is 4.90 Å². The molecule has 5 nitrogen and oxygen atoms in total. The fourth-order valence-electron chi connectivity index (χ4n) is 1.84. The first-order valence-electron chi connectivity index (χ1n) is 5.94. The van der Waals surface area contributed by atoms with Crippen LogP contribution in [0.1, 0.15) is 11.1 Å². The van der Waals surface area contributed by atoms with Gasteiger partial charge >= 0.3 is 0 Å². The molecule has 0 bridgehead atoms. The van der Waals surface area contributed by atoms with Crippen LogP contribution in [0.15, 0.2) is 42.6 Å². The fraction of sp³-hybridized carbons (Fsp3) is 0.214. The minimum absolute atomic E-state index is 0.00745. The molecule has 2 aromatic rings. The Kier molecular flexibility index (Phi) is 3.75. The van der Waals surface area contributed by atoms with Crippen LogP contribution < -0.4 is 4.90 Å². The van der Waals surface area contributed by atoms with Crippen molar-refractivity contribution in [3.8, 4) is 0 Å². The van der Waals surface area contributed by atoms with E-state index in [2.05, 4.69) is 24.0 Å². The first-order valence-corrected chi connectivity index (χ1v) is 5.94. The van der Waals surface area contributed by atoms with E-state index in [0.717, 1.165) is 6.54 Å². The number of hydrogen-bond donors (Lipinski definition) is 0. The topological polar surface area (TPSA) is 59.3 Å². The summed E-state index contributed by atoms with van der Waals surface area (Å²) in [5, 5.41) is 10.6. The van der Waals surface area contributed by atoms with Crippen LogP contribution in [-0.2, 0) is 6.54 Å². The average Bonchev–Trinajstić information content (AvgIpc) is 2.41. The molecule has 0 fully saturated rings. The SMILES string of the molecule is Cc1ccccc1CN(C)c1ccc([N+](=O)[O-])cn1. The maximum atomic E-state index is 10.6. The van der Waals surface area contributed by atoms with Crippen LogP contribution >= 0.6 is 0 Å². The third-order valence-electron chi connectivity index (χ3n) is 3.00. The quantitative estimate of drug-likeness (QED) is 0.624. The van der Waals surface area contributed by atoms with Crippen molar-refractivity contribution in [3.63, 3.8) is 0 Å². The lowest BCUT2D eigenvalue weighted by molar-refractivity contribution is -0.385. The Bertz CT molecular complexity index is 581. The van der Waals surface area contributed by atoms with Gasteiger partial charge in [-0.05, 0) is 24.1 Å². The summed E-state index contributed by atoms with van der Waals surface area (Å²) in [6.45, 7) is 2.78. The molecule has 19 heavy (non-hydrogen) atoms. The highest BCUT2D eigenvalue weighted by molar-refractivity contribution is 5.43. The van der Waals surface area contributed by atoms with Crippen LogP contribution in [0, 0.1) is 17.0 Å². The average molecular weight is 257 g/mol. The first-order chi connectivity index (χ1) is 9.08. The molecule has 1 aromatic carbocycles. The molecule has 0 saturated heterocycles. The Morgan fingerprint density at radius 1 is 1.26 bits per heavy atom. The van der Waals surface area contributed by atoms with E-state index >= 15 is 0 Å². The molecule has 0 aliphatic heterocycles. The van der Waals surface area contributed by atoms with E-state index < -0.39 is 4.92 Å². The second-order valence-electron chi connectivity index (χ2n) is 4.41. The zero-order chi connectivity index (χ0) is 13.8. The van der Waals surface area contributed by atoms with Crippen LogP contribution in [0.3, 0.4) is 0 Å². The van der Waals surface area contributed by atoms with E-state index in [4.69, 9.17) is 0 Å². The maximum Gasteiger partial charge on any atom is 0.287 e. The number of nitrogens with zero attached hydrogens (tertiary/aromatic N) is 3. The number of nitro groups is 1. The van der Waals surface area contributed by atoms with Gasteiger partial charge in [0, 0.05) is 19.7 Å². The lowest BCUT2D eigenvalue weighted by Gasteiger charge is -2.19. The third-order valence-corrected chi connectivity index (χ3v) is 3.00. The predicted molar refractivity (Wildman–Crippen MR) is 74.2 cm³/mol. The monoisotopic (exact) mass is 257 g/mol. The highest BCUT2D eigenvalue weighted by Gasteiger charge is 2.09. The Labute approximate surface area is 111 Å². The number of aryl methyl sites for hydroxylation is 1. The molecule has 0 spiro atoms. The van der Waals surface area contributed by atoms with Gasteiger partial charge in [0.05, 0.1) is 4.92 Å². The zero-order valence-electron chi connectivity index (χ0n) is 10.9. The normalized spacial score (nSPS) is 10.2. The fourth-order valence-corrected chi connectivity index (χ4v) is 1.84. The molecule has 2 rings (SSSR count). The molecule has 0 radical (unpaired) electrons. The number of pyridine rings is 1. The van der Waals surface area contributed by atoms with Crippen LogP contribution in [0.5, 0.6) is 0 Å². The molecule has 0 N–H and O–H groups in total. The van der Waals surface area contributed by atoms with Gasteiger partial charge in [0.25, 0.3) is 5.69 Å². The second-order valence-corrected chi connectivity index (χ2v) is 4.41. The molecule has 98 valence electrons. The van der Waals surface area contributed by atoms with Crippen molar-refractivity contribution in [1.82, 2.24) is 4.98 Å². The predicted octanol–water partition coefficient (Wildman–Crippen LogP) is 2.93. The van der Waals surface area contributed by atoms with Crippen molar-refractivity contribution in [3.05, 3.63) is 63.8 Å². The second kappa shape index (κ2) is 5.48. The van der Waals surface area contributed by atoms with Gasteiger partial charge in [0.15, 0.2) is 0 Å². The smallest absolute Gasteiger partial charge is 0.287 e. The number of anilines is 1.